The van der Waals surface area contributed by atoms with Crippen molar-refractivity contribution in [2.24, 2.45) is 0 Å². The van der Waals surface area contributed by atoms with E-state index < -0.39 is 0 Å². The zero-order valence-electron chi connectivity index (χ0n) is 10.9. The minimum Gasteiger partial charge on any atom is -0.466 e. The van der Waals surface area contributed by atoms with E-state index in [1.54, 1.807) is 11.3 Å². The van der Waals surface area contributed by atoms with Gasteiger partial charge in [-0.05, 0) is 36.1 Å². The normalized spacial score (nSPS) is 10.2. The molecule has 0 amide bonds. The number of hydrogen-bond donors (Lipinski definition) is 1. The molecular formula is C15H17NO2S. The van der Waals surface area contributed by atoms with Gasteiger partial charge in [0.15, 0.2) is 0 Å². The van der Waals surface area contributed by atoms with Gasteiger partial charge in [-0.1, -0.05) is 18.2 Å². The summed E-state index contributed by atoms with van der Waals surface area (Å²) in [5.41, 5.74) is 2.03. The van der Waals surface area contributed by atoms with Crippen molar-refractivity contribution in [3.05, 3.63) is 52.2 Å². The lowest BCUT2D eigenvalue weighted by atomic mass is 10.1. The average molecular weight is 275 g/mol. The lowest BCUT2D eigenvalue weighted by molar-refractivity contribution is -0.142. The van der Waals surface area contributed by atoms with Gasteiger partial charge in [0.05, 0.1) is 13.0 Å². The molecule has 1 aromatic carbocycles. The molecule has 1 N–H and O–H groups in total. The Morgan fingerprint density at radius 2 is 2.05 bits per heavy atom. The quantitative estimate of drug-likeness (QED) is 0.820. The molecule has 4 heteroatoms. The number of carbonyl (C=O) groups excluding carboxylic acids is 1. The van der Waals surface area contributed by atoms with Crippen LogP contribution in [0.15, 0.2) is 41.8 Å². The van der Waals surface area contributed by atoms with Crippen molar-refractivity contribution in [3.63, 3.8) is 0 Å². The third kappa shape index (κ3) is 4.41. The van der Waals surface area contributed by atoms with E-state index in [1.807, 2.05) is 37.3 Å². The Morgan fingerprint density at radius 3 is 2.68 bits per heavy atom. The molecule has 0 unspecified atom stereocenters. The number of hydrogen-bond acceptors (Lipinski definition) is 4. The van der Waals surface area contributed by atoms with Gasteiger partial charge in [0.25, 0.3) is 0 Å². The van der Waals surface area contributed by atoms with E-state index >= 15 is 0 Å². The summed E-state index contributed by atoms with van der Waals surface area (Å²) >= 11 is 1.74. The standard InChI is InChI=1S/C15H17NO2S/c1-2-18-15(17)10-12-5-7-13(8-6-12)16-11-14-4-3-9-19-14/h3-9,16H,2,10-11H2,1H3. The Kier molecular flexibility index (Phi) is 4.98. The van der Waals surface area contributed by atoms with Crippen molar-refractivity contribution in [1.29, 1.82) is 0 Å². The van der Waals surface area contributed by atoms with E-state index in [0.29, 0.717) is 13.0 Å². The number of esters is 1. The second-order valence-electron chi connectivity index (χ2n) is 4.11. The SMILES string of the molecule is CCOC(=O)Cc1ccc(NCc2cccs2)cc1. The Bertz CT molecular complexity index is 505. The third-order valence-corrected chi connectivity index (χ3v) is 3.53. The van der Waals surface area contributed by atoms with Crippen molar-refractivity contribution in [2.45, 2.75) is 19.9 Å². The molecule has 100 valence electrons. The van der Waals surface area contributed by atoms with Gasteiger partial charge in [0.1, 0.15) is 0 Å². The van der Waals surface area contributed by atoms with Gasteiger partial charge in [-0.3, -0.25) is 4.79 Å². The Morgan fingerprint density at radius 1 is 1.26 bits per heavy atom. The summed E-state index contributed by atoms with van der Waals surface area (Å²) in [6, 6.07) is 12.0. The van der Waals surface area contributed by atoms with Crippen molar-refractivity contribution < 1.29 is 9.53 Å². The van der Waals surface area contributed by atoms with E-state index in [4.69, 9.17) is 4.74 Å². The topological polar surface area (TPSA) is 38.3 Å². The highest BCUT2D eigenvalue weighted by Crippen LogP contribution is 2.14. The van der Waals surface area contributed by atoms with Gasteiger partial charge in [-0.25, -0.2) is 0 Å². The lowest BCUT2D eigenvalue weighted by Crippen LogP contribution is -2.07. The lowest BCUT2D eigenvalue weighted by Gasteiger charge is -2.06. The molecule has 2 aromatic rings. The number of thiophene rings is 1. The van der Waals surface area contributed by atoms with Crippen LogP contribution >= 0.6 is 11.3 Å². The van der Waals surface area contributed by atoms with Crippen LogP contribution in [-0.2, 0) is 22.5 Å². The molecule has 0 aliphatic heterocycles. The number of nitrogens with one attached hydrogen (secondary N) is 1. The maximum Gasteiger partial charge on any atom is 0.310 e. The number of ether oxygens (including phenoxy) is 1. The molecule has 0 saturated heterocycles. The van der Waals surface area contributed by atoms with Gasteiger partial charge >= 0.3 is 5.97 Å². The Balaban J connectivity index is 1.85. The zero-order chi connectivity index (χ0) is 13.5. The van der Waals surface area contributed by atoms with Crippen molar-refractivity contribution in [1.82, 2.24) is 0 Å². The molecular weight excluding hydrogens is 258 g/mol. The fraction of sp³-hybridized carbons (Fsp3) is 0.267. The summed E-state index contributed by atoms with van der Waals surface area (Å²) < 4.78 is 4.92. The second-order valence-corrected chi connectivity index (χ2v) is 5.14. The van der Waals surface area contributed by atoms with Gasteiger partial charge in [-0.2, -0.15) is 0 Å². The van der Waals surface area contributed by atoms with Crippen molar-refractivity contribution in [3.8, 4) is 0 Å². The van der Waals surface area contributed by atoms with Gasteiger partial charge in [0.2, 0.25) is 0 Å². The van der Waals surface area contributed by atoms with Gasteiger partial charge in [-0.15, -0.1) is 11.3 Å². The molecule has 0 bridgehead atoms. The van der Waals surface area contributed by atoms with Crippen molar-refractivity contribution >= 4 is 23.0 Å². The fourth-order valence-corrected chi connectivity index (χ4v) is 2.37. The van der Waals surface area contributed by atoms with E-state index in [1.165, 1.54) is 4.88 Å². The molecule has 1 aromatic heterocycles. The first kappa shape index (κ1) is 13.6. The number of carbonyl (C=O) groups is 1. The van der Waals surface area contributed by atoms with Gasteiger partial charge < -0.3 is 10.1 Å². The van der Waals surface area contributed by atoms with E-state index in [0.717, 1.165) is 17.8 Å². The van der Waals surface area contributed by atoms with Crippen LogP contribution in [0.4, 0.5) is 5.69 Å². The van der Waals surface area contributed by atoms with Crippen LogP contribution in [0.2, 0.25) is 0 Å². The summed E-state index contributed by atoms with van der Waals surface area (Å²) in [6.45, 7) is 3.07. The minimum absolute atomic E-state index is 0.179. The molecule has 0 atom stereocenters. The molecule has 0 spiro atoms. The maximum absolute atomic E-state index is 11.3. The summed E-state index contributed by atoms with van der Waals surface area (Å²) in [6.07, 6.45) is 0.332. The highest BCUT2D eigenvalue weighted by molar-refractivity contribution is 7.09. The molecule has 0 fully saturated rings. The van der Waals surface area contributed by atoms with Crippen LogP contribution in [-0.4, -0.2) is 12.6 Å². The Labute approximate surface area is 117 Å². The molecule has 0 saturated carbocycles. The summed E-state index contributed by atoms with van der Waals surface area (Å²) in [5, 5.41) is 5.42. The molecule has 19 heavy (non-hydrogen) atoms. The number of anilines is 1. The van der Waals surface area contributed by atoms with Crippen LogP contribution in [0.1, 0.15) is 17.4 Å². The van der Waals surface area contributed by atoms with Crippen LogP contribution < -0.4 is 5.32 Å². The van der Waals surface area contributed by atoms with Crippen LogP contribution in [0, 0.1) is 0 Å². The fourth-order valence-electron chi connectivity index (χ4n) is 1.72. The summed E-state index contributed by atoms with van der Waals surface area (Å²) in [5.74, 6) is -0.179. The third-order valence-electron chi connectivity index (χ3n) is 2.65. The second kappa shape index (κ2) is 6.95. The van der Waals surface area contributed by atoms with Gasteiger partial charge in [0, 0.05) is 17.1 Å². The molecule has 0 aliphatic carbocycles. The predicted octanol–water partition coefficient (Wildman–Crippen LogP) is 3.47. The largest absolute Gasteiger partial charge is 0.466 e. The molecule has 0 radical (unpaired) electrons. The molecule has 3 nitrogen and oxygen atoms in total. The van der Waals surface area contributed by atoms with Crippen LogP contribution in [0.25, 0.3) is 0 Å². The summed E-state index contributed by atoms with van der Waals surface area (Å²) in [7, 11) is 0. The molecule has 1 heterocycles. The maximum atomic E-state index is 11.3. The molecule has 2 rings (SSSR count). The summed E-state index contributed by atoms with van der Waals surface area (Å²) in [4.78, 5) is 12.6. The number of benzene rings is 1. The smallest absolute Gasteiger partial charge is 0.310 e. The van der Waals surface area contributed by atoms with Crippen molar-refractivity contribution in [2.75, 3.05) is 11.9 Å². The first-order chi connectivity index (χ1) is 9.28. The first-order valence-electron chi connectivity index (χ1n) is 6.28. The molecule has 0 aliphatic rings. The Hall–Kier alpha value is -1.81. The van der Waals surface area contributed by atoms with E-state index in [-0.39, 0.29) is 5.97 Å². The van der Waals surface area contributed by atoms with Crippen LogP contribution in [0.3, 0.4) is 0 Å². The predicted molar refractivity (Wildman–Crippen MR) is 78.4 cm³/mol. The average Bonchev–Trinajstić information content (AvgIpc) is 2.91. The first-order valence-corrected chi connectivity index (χ1v) is 7.16. The van der Waals surface area contributed by atoms with E-state index in [9.17, 15) is 4.79 Å². The highest BCUT2D eigenvalue weighted by Gasteiger charge is 2.03. The van der Waals surface area contributed by atoms with Crippen LogP contribution in [0.5, 0.6) is 0 Å². The number of rotatable bonds is 6. The monoisotopic (exact) mass is 275 g/mol. The minimum atomic E-state index is -0.179. The van der Waals surface area contributed by atoms with E-state index in [2.05, 4.69) is 16.8 Å². The highest BCUT2D eigenvalue weighted by atomic mass is 32.1. The zero-order valence-corrected chi connectivity index (χ0v) is 11.7.